The molecule has 0 aliphatic carbocycles. The van der Waals surface area contributed by atoms with Crippen LogP contribution in [0.4, 0.5) is 11.6 Å². The zero-order chi connectivity index (χ0) is 22.0. The third kappa shape index (κ3) is 4.01. The van der Waals surface area contributed by atoms with Gasteiger partial charge in [-0.2, -0.15) is 10.1 Å². The molecule has 0 unspecified atom stereocenters. The second-order valence-corrected chi connectivity index (χ2v) is 7.03. The number of nitro groups is 1. The van der Waals surface area contributed by atoms with Gasteiger partial charge >= 0.3 is 5.69 Å². The Hall–Kier alpha value is -3.73. The number of benzene rings is 1. The monoisotopic (exact) mass is 431 g/mol. The Morgan fingerprint density at radius 2 is 2.07 bits per heavy atom. The van der Waals surface area contributed by atoms with Gasteiger partial charge in [-0.3, -0.25) is 28.6 Å². The number of nitro benzene ring substituents is 1. The van der Waals surface area contributed by atoms with E-state index in [1.165, 1.54) is 37.0 Å². The molecule has 12 heteroatoms. The number of hydrogen-bond donors (Lipinski definition) is 1. The Labute approximate surface area is 174 Å². The average Bonchev–Trinajstić information content (AvgIpc) is 3.08. The van der Waals surface area contributed by atoms with Crippen molar-refractivity contribution in [2.45, 2.75) is 13.5 Å². The van der Waals surface area contributed by atoms with Gasteiger partial charge in [-0.05, 0) is 6.92 Å². The predicted molar refractivity (Wildman–Crippen MR) is 114 cm³/mol. The van der Waals surface area contributed by atoms with E-state index in [0.29, 0.717) is 10.6 Å². The van der Waals surface area contributed by atoms with E-state index in [9.17, 15) is 19.7 Å². The van der Waals surface area contributed by atoms with Crippen molar-refractivity contribution in [3.63, 3.8) is 0 Å². The van der Waals surface area contributed by atoms with E-state index in [1.54, 1.807) is 29.7 Å². The number of hydrogen-bond acceptors (Lipinski definition) is 7. The summed E-state index contributed by atoms with van der Waals surface area (Å²) in [6, 6.07) is 5.94. The molecule has 3 rings (SSSR count). The first-order chi connectivity index (χ1) is 14.2. The highest BCUT2D eigenvalue weighted by Crippen LogP contribution is 2.17. The quantitative estimate of drug-likeness (QED) is 0.360. The van der Waals surface area contributed by atoms with E-state index in [4.69, 9.17) is 11.6 Å². The number of nitrogens with one attached hydrogen (secondary N) is 1. The van der Waals surface area contributed by atoms with Crippen LogP contribution in [0.15, 0.2) is 50.1 Å². The number of aromatic nitrogens is 4. The van der Waals surface area contributed by atoms with Crippen molar-refractivity contribution >= 4 is 40.6 Å². The lowest BCUT2D eigenvalue weighted by Crippen LogP contribution is -2.37. The minimum Gasteiger partial charge on any atom is -0.299 e. The SMILES string of the molecule is C/C(Cl)=C/Cn1c(N/N=C/c2cccc([N+](=O)[O-])c2)nc2c1c(=O)n(C)c(=O)n2C. The van der Waals surface area contributed by atoms with Gasteiger partial charge in [0.15, 0.2) is 11.2 Å². The summed E-state index contributed by atoms with van der Waals surface area (Å²) in [4.78, 5) is 39.6. The van der Waals surface area contributed by atoms with Crippen molar-refractivity contribution in [1.82, 2.24) is 18.7 Å². The van der Waals surface area contributed by atoms with Crippen LogP contribution in [-0.4, -0.2) is 29.8 Å². The van der Waals surface area contributed by atoms with Crippen molar-refractivity contribution in [3.8, 4) is 0 Å². The van der Waals surface area contributed by atoms with E-state index in [2.05, 4.69) is 15.5 Å². The van der Waals surface area contributed by atoms with Crippen molar-refractivity contribution < 1.29 is 4.92 Å². The van der Waals surface area contributed by atoms with Crippen molar-refractivity contribution in [3.05, 3.63) is 71.9 Å². The number of non-ortho nitro benzene ring substituents is 1. The Bertz CT molecular complexity index is 1310. The highest BCUT2D eigenvalue weighted by Gasteiger charge is 2.18. The number of aryl methyl sites for hydroxylation is 1. The lowest BCUT2D eigenvalue weighted by Gasteiger charge is -2.07. The molecule has 1 N–H and O–H groups in total. The first-order valence-electron chi connectivity index (χ1n) is 8.72. The molecule has 3 aromatic rings. The average molecular weight is 432 g/mol. The van der Waals surface area contributed by atoms with E-state index in [0.717, 1.165) is 4.57 Å². The van der Waals surface area contributed by atoms with Gasteiger partial charge < -0.3 is 0 Å². The normalized spacial score (nSPS) is 12.1. The Kier molecular flexibility index (Phi) is 5.83. The molecule has 0 fully saturated rings. The first-order valence-corrected chi connectivity index (χ1v) is 9.10. The number of fused-ring (bicyclic) bond motifs is 1. The van der Waals surface area contributed by atoms with Gasteiger partial charge in [-0.1, -0.05) is 29.8 Å². The van der Waals surface area contributed by atoms with Crippen LogP contribution in [0.25, 0.3) is 11.2 Å². The van der Waals surface area contributed by atoms with E-state index >= 15 is 0 Å². The fourth-order valence-electron chi connectivity index (χ4n) is 2.81. The zero-order valence-corrected chi connectivity index (χ0v) is 17.1. The van der Waals surface area contributed by atoms with Gasteiger partial charge in [0.1, 0.15) is 0 Å². The number of anilines is 1. The maximum atomic E-state index is 12.7. The molecular weight excluding hydrogens is 414 g/mol. The first kappa shape index (κ1) is 21.0. The molecular formula is C18H18ClN7O4. The number of rotatable bonds is 6. The summed E-state index contributed by atoms with van der Waals surface area (Å²) < 4.78 is 3.81. The van der Waals surface area contributed by atoms with Crippen LogP contribution in [0.5, 0.6) is 0 Å². The topological polar surface area (TPSA) is 129 Å². The number of halogens is 1. The maximum Gasteiger partial charge on any atom is 0.332 e. The second kappa shape index (κ2) is 8.33. The predicted octanol–water partition coefficient (Wildman–Crippen LogP) is 1.93. The molecule has 2 aromatic heterocycles. The highest BCUT2D eigenvalue weighted by atomic mass is 35.5. The summed E-state index contributed by atoms with van der Waals surface area (Å²) in [5.41, 5.74) is 2.56. The Balaban J connectivity index is 2.06. The van der Waals surface area contributed by atoms with Crippen molar-refractivity contribution in [2.24, 2.45) is 19.2 Å². The highest BCUT2D eigenvalue weighted by molar-refractivity contribution is 6.29. The lowest BCUT2D eigenvalue weighted by atomic mass is 10.2. The van der Waals surface area contributed by atoms with Crippen molar-refractivity contribution in [1.29, 1.82) is 0 Å². The fraction of sp³-hybridized carbons (Fsp3) is 0.222. The van der Waals surface area contributed by atoms with E-state index < -0.39 is 16.2 Å². The Morgan fingerprint density at radius 1 is 1.33 bits per heavy atom. The molecule has 0 bridgehead atoms. The summed E-state index contributed by atoms with van der Waals surface area (Å²) >= 11 is 5.93. The molecule has 0 aliphatic rings. The molecule has 2 heterocycles. The zero-order valence-electron chi connectivity index (χ0n) is 16.4. The van der Waals surface area contributed by atoms with Crippen LogP contribution in [-0.2, 0) is 20.6 Å². The summed E-state index contributed by atoms with van der Waals surface area (Å²) in [6.45, 7) is 1.91. The van der Waals surface area contributed by atoms with Crippen molar-refractivity contribution in [2.75, 3.05) is 5.43 Å². The molecule has 0 amide bonds. The van der Waals surface area contributed by atoms with Crippen LogP contribution >= 0.6 is 11.6 Å². The molecule has 0 radical (unpaired) electrons. The summed E-state index contributed by atoms with van der Waals surface area (Å²) in [5, 5.41) is 15.5. The van der Waals surface area contributed by atoms with Gasteiger partial charge in [-0.25, -0.2) is 10.2 Å². The van der Waals surface area contributed by atoms with Gasteiger partial charge in [0, 0.05) is 43.4 Å². The number of allylic oxidation sites excluding steroid dienone is 2. The largest absolute Gasteiger partial charge is 0.332 e. The standard InChI is InChI=1S/C18H18ClN7O4/c1-11(19)7-8-25-14-15(23(2)18(28)24(3)16(14)27)21-17(25)22-20-10-12-5-4-6-13(9-12)26(29)30/h4-7,9-10H,8H2,1-3H3,(H,21,22)/b11-7-,20-10+. The van der Waals surface area contributed by atoms with Crippen LogP contribution in [0, 0.1) is 10.1 Å². The molecule has 0 atom stereocenters. The van der Waals surface area contributed by atoms with Gasteiger partial charge in [0.25, 0.3) is 11.2 Å². The minimum atomic E-state index is -0.507. The molecule has 1 aromatic carbocycles. The van der Waals surface area contributed by atoms with Crippen LogP contribution < -0.4 is 16.7 Å². The molecule has 0 saturated carbocycles. The third-order valence-electron chi connectivity index (χ3n) is 4.36. The van der Waals surface area contributed by atoms with Gasteiger partial charge in [-0.15, -0.1) is 0 Å². The lowest BCUT2D eigenvalue weighted by molar-refractivity contribution is -0.384. The molecule has 11 nitrogen and oxygen atoms in total. The minimum absolute atomic E-state index is 0.0626. The molecule has 0 spiro atoms. The van der Waals surface area contributed by atoms with Crippen LogP contribution in [0.2, 0.25) is 0 Å². The molecule has 0 saturated heterocycles. The number of nitrogens with zero attached hydrogens (tertiary/aromatic N) is 6. The molecule has 30 heavy (non-hydrogen) atoms. The van der Waals surface area contributed by atoms with E-state index in [1.807, 2.05) is 0 Å². The van der Waals surface area contributed by atoms with Crippen LogP contribution in [0.3, 0.4) is 0 Å². The summed E-state index contributed by atoms with van der Waals surface area (Å²) in [6.07, 6.45) is 3.07. The number of imidazole rings is 1. The molecule has 0 aliphatic heterocycles. The van der Waals surface area contributed by atoms with Gasteiger partial charge in [0.2, 0.25) is 5.95 Å². The smallest absolute Gasteiger partial charge is 0.299 e. The maximum absolute atomic E-state index is 12.7. The Morgan fingerprint density at radius 3 is 2.73 bits per heavy atom. The molecule has 156 valence electrons. The fourth-order valence-corrected chi connectivity index (χ4v) is 2.88. The summed E-state index contributed by atoms with van der Waals surface area (Å²) in [5.74, 6) is 0.208. The van der Waals surface area contributed by atoms with Crippen LogP contribution in [0.1, 0.15) is 12.5 Å². The second-order valence-electron chi connectivity index (χ2n) is 6.44. The van der Waals surface area contributed by atoms with Gasteiger partial charge in [0.05, 0.1) is 11.1 Å². The summed E-state index contributed by atoms with van der Waals surface area (Å²) in [7, 11) is 2.90. The van der Waals surface area contributed by atoms with E-state index in [-0.39, 0.29) is 29.3 Å². The third-order valence-corrected chi connectivity index (χ3v) is 4.52. The number of hydrazone groups is 1.